The van der Waals surface area contributed by atoms with Gasteiger partial charge in [0.25, 0.3) is 0 Å². The molecule has 0 aliphatic rings. The molecule has 0 amide bonds. The van der Waals surface area contributed by atoms with E-state index >= 15 is 0 Å². The van der Waals surface area contributed by atoms with Gasteiger partial charge in [-0.05, 0) is 18.9 Å². The molecule has 1 aromatic heterocycles. The van der Waals surface area contributed by atoms with Crippen LogP contribution in [-0.4, -0.2) is 36.3 Å². The van der Waals surface area contributed by atoms with Crippen LogP contribution in [0.2, 0.25) is 0 Å². The van der Waals surface area contributed by atoms with Gasteiger partial charge in [0.15, 0.2) is 0 Å². The van der Waals surface area contributed by atoms with Crippen molar-refractivity contribution in [3.8, 4) is 0 Å². The number of hydrogen-bond donors (Lipinski definition) is 2. The van der Waals surface area contributed by atoms with Gasteiger partial charge in [0, 0.05) is 25.9 Å². The molecule has 0 aromatic carbocycles. The number of ether oxygens (including phenoxy) is 1. The zero-order chi connectivity index (χ0) is 13.4. The number of hydrazine groups is 1. The van der Waals surface area contributed by atoms with Crippen molar-refractivity contribution in [3.05, 3.63) is 12.3 Å². The third-order valence-corrected chi connectivity index (χ3v) is 2.98. The summed E-state index contributed by atoms with van der Waals surface area (Å²) >= 11 is 0. The fourth-order valence-electron chi connectivity index (χ4n) is 1.98. The van der Waals surface area contributed by atoms with Gasteiger partial charge in [-0.3, -0.25) is 5.43 Å². The minimum atomic E-state index is 0.431. The third kappa shape index (κ3) is 3.82. The number of nitrogens with two attached hydrogens (primary N) is 1. The molecular weight excluding hydrogens is 230 g/mol. The highest BCUT2D eigenvalue weighted by Crippen LogP contribution is 2.18. The lowest BCUT2D eigenvalue weighted by Gasteiger charge is -2.31. The molecule has 0 unspecified atom stereocenters. The molecule has 1 aromatic rings. The Balaban J connectivity index is 2.92. The maximum Gasteiger partial charge on any atom is 0.239 e. The van der Waals surface area contributed by atoms with E-state index in [1.54, 1.807) is 13.3 Å². The van der Waals surface area contributed by atoms with E-state index in [2.05, 4.69) is 34.1 Å². The second-order valence-electron chi connectivity index (χ2n) is 4.04. The molecule has 0 saturated carbocycles. The Hall–Kier alpha value is -1.40. The molecule has 0 fully saturated rings. The maximum atomic E-state index is 5.34. The SMILES string of the molecule is CCC(CC)N(CCOC)c1ccnc(NN)n1. The van der Waals surface area contributed by atoms with Crippen LogP contribution in [-0.2, 0) is 4.74 Å². The number of nitrogens with one attached hydrogen (secondary N) is 1. The summed E-state index contributed by atoms with van der Waals surface area (Å²) in [7, 11) is 1.71. The summed E-state index contributed by atoms with van der Waals surface area (Å²) in [6.45, 7) is 5.84. The van der Waals surface area contributed by atoms with Crippen molar-refractivity contribution in [1.82, 2.24) is 9.97 Å². The first-order valence-electron chi connectivity index (χ1n) is 6.32. The van der Waals surface area contributed by atoms with Crippen molar-refractivity contribution in [2.24, 2.45) is 5.84 Å². The summed E-state index contributed by atoms with van der Waals surface area (Å²) in [5, 5.41) is 0. The van der Waals surface area contributed by atoms with Gasteiger partial charge in [-0.1, -0.05) is 13.8 Å². The molecule has 0 radical (unpaired) electrons. The highest BCUT2D eigenvalue weighted by Gasteiger charge is 2.17. The zero-order valence-electron chi connectivity index (χ0n) is 11.4. The largest absolute Gasteiger partial charge is 0.383 e. The molecular formula is C12H23N5O. The first-order chi connectivity index (χ1) is 8.76. The molecule has 6 nitrogen and oxygen atoms in total. The molecule has 6 heteroatoms. The Morgan fingerprint density at radius 3 is 2.72 bits per heavy atom. The topological polar surface area (TPSA) is 76.3 Å². The minimum absolute atomic E-state index is 0.431. The molecule has 0 saturated heterocycles. The Labute approximate surface area is 109 Å². The second-order valence-corrected chi connectivity index (χ2v) is 4.04. The average molecular weight is 253 g/mol. The fraction of sp³-hybridized carbons (Fsp3) is 0.667. The molecule has 0 aliphatic carbocycles. The van der Waals surface area contributed by atoms with Gasteiger partial charge in [-0.15, -0.1) is 0 Å². The standard InChI is InChI=1S/C12H23N5O/c1-4-10(5-2)17(8-9-18-3)11-6-7-14-12(15-11)16-13/h6-7,10H,4-5,8-9,13H2,1-3H3,(H,14,15,16). The average Bonchev–Trinajstić information content (AvgIpc) is 2.43. The van der Waals surface area contributed by atoms with Gasteiger partial charge in [0.1, 0.15) is 5.82 Å². The summed E-state index contributed by atoms with van der Waals surface area (Å²) in [6, 6.07) is 2.34. The Bertz CT molecular complexity index is 343. The number of nitrogen functional groups attached to an aromatic ring is 1. The van der Waals surface area contributed by atoms with Crippen LogP contribution in [0.25, 0.3) is 0 Å². The number of nitrogens with zero attached hydrogens (tertiary/aromatic N) is 3. The molecule has 3 N–H and O–H groups in total. The van der Waals surface area contributed by atoms with Crippen molar-refractivity contribution in [2.45, 2.75) is 32.7 Å². The van der Waals surface area contributed by atoms with Crippen molar-refractivity contribution < 1.29 is 4.74 Å². The van der Waals surface area contributed by atoms with E-state index in [4.69, 9.17) is 10.6 Å². The van der Waals surface area contributed by atoms with Crippen LogP contribution < -0.4 is 16.2 Å². The van der Waals surface area contributed by atoms with Crippen molar-refractivity contribution in [3.63, 3.8) is 0 Å². The maximum absolute atomic E-state index is 5.34. The van der Waals surface area contributed by atoms with Crippen molar-refractivity contribution in [2.75, 3.05) is 30.6 Å². The van der Waals surface area contributed by atoms with E-state index in [1.807, 2.05) is 6.07 Å². The molecule has 1 heterocycles. The van der Waals surface area contributed by atoms with Crippen LogP contribution in [0.1, 0.15) is 26.7 Å². The van der Waals surface area contributed by atoms with Crippen molar-refractivity contribution >= 4 is 11.8 Å². The van der Waals surface area contributed by atoms with E-state index in [0.29, 0.717) is 18.6 Å². The number of methoxy groups -OCH3 is 1. The number of anilines is 2. The summed E-state index contributed by atoms with van der Waals surface area (Å²) in [5.41, 5.74) is 2.47. The van der Waals surface area contributed by atoms with Gasteiger partial charge in [-0.25, -0.2) is 10.8 Å². The van der Waals surface area contributed by atoms with Crippen molar-refractivity contribution in [1.29, 1.82) is 0 Å². The number of hydrogen-bond acceptors (Lipinski definition) is 6. The molecule has 0 atom stereocenters. The van der Waals surface area contributed by atoms with E-state index in [0.717, 1.165) is 25.2 Å². The lowest BCUT2D eigenvalue weighted by molar-refractivity contribution is 0.202. The van der Waals surface area contributed by atoms with Crippen LogP contribution in [0, 0.1) is 0 Å². The Kier molecular flexibility index (Phi) is 6.38. The highest BCUT2D eigenvalue weighted by molar-refractivity contribution is 5.43. The highest BCUT2D eigenvalue weighted by atomic mass is 16.5. The second kappa shape index (κ2) is 7.84. The molecule has 0 aliphatic heterocycles. The zero-order valence-corrected chi connectivity index (χ0v) is 11.4. The summed E-state index contributed by atoms with van der Waals surface area (Å²) in [6.07, 6.45) is 3.84. The lowest BCUT2D eigenvalue weighted by atomic mass is 10.1. The molecule has 102 valence electrons. The fourth-order valence-corrected chi connectivity index (χ4v) is 1.98. The van der Waals surface area contributed by atoms with Crippen LogP contribution in [0.15, 0.2) is 12.3 Å². The van der Waals surface area contributed by atoms with Crippen LogP contribution >= 0.6 is 0 Å². The number of aromatic nitrogens is 2. The van der Waals surface area contributed by atoms with E-state index in [9.17, 15) is 0 Å². The molecule has 1 rings (SSSR count). The van der Waals surface area contributed by atoms with Gasteiger partial charge in [0.05, 0.1) is 6.61 Å². The number of rotatable bonds is 8. The predicted octanol–water partition coefficient (Wildman–Crippen LogP) is 1.40. The Morgan fingerprint density at radius 2 is 2.17 bits per heavy atom. The van der Waals surface area contributed by atoms with E-state index < -0.39 is 0 Å². The summed E-state index contributed by atoms with van der Waals surface area (Å²) in [4.78, 5) is 10.7. The van der Waals surface area contributed by atoms with Gasteiger partial charge in [-0.2, -0.15) is 4.98 Å². The summed E-state index contributed by atoms with van der Waals surface area (Å²) in [5.74, 6) is 6.65. The predicted molar refractivity (Wildman–Crippen MR) is 73.4 cm³/mol. The van der Waals surface area contributed by atoms with Gasteiger partial charge < -0.3 is 9.64 Å². The van der Waals surface area contributed by atoms with Gasteiger partial charge >= 0.3 is 0 Å². The molecule has 0 bridgehead atoms. The lowest BCUT2D eigenvalue weighted by Crippen LogP contribution is -2.37. The van der Waals surface area contributed by atoms with Crippen LogP contribution in [0.3, 0.4) is 0 Å². The van der Waals surface area contributed by atoms with E-state index in [1.165, 1.54) is 0 Å². The van der Waals surface area contributed by atoms with Crippen LogP contribution in [0.4, 0.5) is 11.8 Å². The summed E-state index contributed by atoms with van der Waals surface area (Å²) < 4.78 is 5.16. The first kappa shape index (κ1) is 14.7. The monoisotopic (exact) mass is 253 g/mol. The molecule has 0 spiro atoms. The Morgan fingerprint density at radius 1 is 1.44 bits per heavy atom. The normalized spacial score (nSPS) is 10.7. The van der Waals surface area contributed by atoms with E-state index in [-0.39, 0.29) is 0 Å². The smallest absolute Gasteiger partial charge is 0.239 e. The molecule has 18 heavy (non-hydrogen) atoms. The quantitative estimate of drug-likeness (QED) is 0.539. The van der Waals surface area contributed by atoms with Gasteiger partial charge in [0.2, 0.25) is 5.95 Å². The first-order valence-corrected chi connectivity index (χ1v) is 6.32. The van der Waals surface area contributed by atoms with Crippen LogP contribution in [0.5, 0.6) is 0 Å². The third-order valence-electron chi connectivity index (χ3n) is 2.98. The minimum Gasteiger partial charge on any atom is -0.383 e.